The molecular formula is C21H24BrNOS. The number of rotatable bonds is 7. The van der Waals surface area contributed by atoms with Gasteiger partial charge in [0.1, 0.15) is 5.75 Å². The maximum atomic E-state index is 5.95. The van der Waals surface area contributed by atoms with Gasteiger partial charge in [0.25, 0.3) is 0 Å². The smallest absolute Gasteiger partial charge is 0.120 e. The molecule has 0 bridgehead atoms. The fraction of sp³-hybridized carbons (Fsp3) is 0.333. The van der Waals surface area contributed by atoms with E-state index in [4.69, 9.17) is 4.74 Å². The Morgan fingerprint density at radius 2 is 1.80 bits per heavy atom. The topological polar surface area (TPSA) is 12.5 Å². The lowest BCUT2D eigenvalue weighted by Crippen LogP contribution is -2.13. The zero-order chi connectivity index (χ0) is 17.8. The van der Waals surface area contributed by atoms with Gasteiger partial charge in [-0.2, -0.15) is 0 Å². The van der Waals surface area contributed by atoms with E-state index >= 15 is 0 Å². The molecule has 0 fully saturated rings. The van der Waals surface area contributed by atoms with Crippen molar-refractivity contribution in [2.24, 2.45) is 0 Å². The molecule has 0 aliphatic carbocycles. The Morgan fingerprint density at radius 3 is 2.52 bits per heavy atom. The number of aryl methyl sites for hydroxylation is 1. The molecule has 0 spiro atoms. The van der Waals surface area contributed by atoms with Crippen LogP contribution in [0.1, 0.15) is 17.7 Å². The Hall–Kier alpha value is -1.36. The summed E-state index contributed by atoms with van der Waals surface area (Å²) >= 11 is 5.35. The van der Waals surface area contributed by atoms with Gasteiger partial charge in [0.05, 0.1) is 6.61 Å². The molecule has 0 radical (unpaired) electrons. The Balaban J connectivity index is 1.75. The summed E-state index contributed by atoms with van der Waals surface area (Å²) in [6, 6.07) is 15.0. The molecule has 4 heteroatoms. The number of thiophene rings is 1. The minimum atomic E-state index is 0.781. The van der Waals surface area contributed by atoms with Crippen molar-refractivity contribution >= 4 is 37.4 Å². The van der Waals surface area contributed by atoms with Crippen LogP contribution in [0, 0.1) is 6.92 Å². The lowest BCUT2D eigenvalue weighted by Gasteiger charge is -2.10. The normalized spacial score (nSPS) is 11.4. The maximum Gasteiger partial charge on any atom is 0.120 e. The highest BCUT2D eigenvalue weighted by molar-refractivity contribution is 9.10. The molecule has 0 aliphatic rings. The molecule has 1 aromatic heterocycles. The van der Waals surface area contributed by atoms with E-state index in [1.807, 2.05) is 11.3 Å². The summed E-state index contributed by atoms with van der Waals surface area (Å²) in [5, 5.41) is 1.31. The van der Waals surface area contributed by atoms with Crippen LogP contribution < -0.4 is 4.74 Å². The van der Waals surface area contributed by atoms with E-state index < -0.39 is 0 Å². The molecule has 0 atom stereocenters. The zero-order valence-corrected chi connectivity index (χ0v) is 17.4. The molecule has 0 N–H and O–H groups in total. The van der Waals surface area contributed by atoms with E-state index in [2.05, 4.69) is 84.3 Å². The number of ether oxygens (including phenoxy) is 1. The zero-order valence-electron chi connectivity index (χ0n) is 15.0. The molecule has 25 heavy (non-hydrogen) atoms. The summed E-state index contributed by atoms with van der Waals surface area (Å²) in [7, 11) is 4.22. The number of hydrogen-bond donors (Lipinski definition) is 0. The summed E-state index contributed by atoms with van der Waals surface area (Å²) in [6.07, 6.45) is 2.25. The van der Waals surface area contributed by atoms with Gasteiger partial charge in [0.2, 0.25) is 0 Å². The fourth-order valence-electron chi connectivity index (χ4n) is 2.98. The molecule has 132 valence electrons. The molecule has 0 unspecified atom stereocenters. The van der Waals surface area contributed by atoms with Crippen molar-refractivity contribution < 1.29 is 4.74 Å². The van der Waals surface area contributed by atoms with Crippen LogP contribution in [0.2, 0.25) is 0 Å². The first kappa shape index (κ1) is 18.4. The first-order valence-corrected chi connectivity index (χ1v) is 10.2. The molecule has 1 heterocycles. The SMILES string of the molecule is Cc1sc2cc(OCCCCN(C)C)ccc2c1-c1ccc(Br)cc1. The summed E-state index contributed by atoms with van der Waals surface area (Å²) < 4.78 is 8.35. The molecule has 0 saturated heterocycles. The average molecular weight is 418 g/mol. The highest BCUT2D eigenvalue weighted by Gasteiger charge is 2.12. The predicted molar refractivity (Wildman–Crippen MR) is 113 cm³/mol. The molecule has 2 nitrogen and oxygen atoms in total. The third-order valence-corrected chi connectivity index (χ3v) is 5.84. The Labute approximate surface area is 162 Å². The number of benzene rings is 2. The third-order valence-electron chi connectivity index (χ3n) is 4.24. The van der Waals surface area contributed by atoms with E-state index in [0.29, 0.717) is 0 Å². The maximum absolute atomic E-state index is 5.95. The number of hydrogen-bond acceptors (Lipinski definition) is 3. The van der Waals surface area contributed by atoms with Crippen molar-refractivity contribution in [3.8, 4) is 16.9 Å². The Bertz CT molecular complexity index is 839. The minimum Gasteiger partial charge on any atom is -0.494 e. The van der Waals surface area contributed by atoms with Crippen LogP contribution in [-0.2, 0) is 0 Å². The minimum absolute atomic E-state index is 0.781. The van der Waals surface area contributed by atoms with E-state index in [1.165, 1.54) is 32.5 Å². The van der Waals surface area contributed by atoms with Crippen molar-refractivity contribution in [2.75, 3.05) is 27.2 Å². The quantitative estimate of drug-likeness (QED) is 0.414. The average Bonchev–Trinajstić information content (AvgIpc) is 2.90. The van der Waals surface area contributed by atoms with Crippen LogP contribution in [-0.4, -0.2) is 32.1 Å². The second-order valence-electron chi connectivity index (χ2n) is 6.56. The van der Waals surface area contributed by atoms with Crippen molar-refractivity contribution in [1.29, 1.82) is 0 Å². The Kier molecular flexibility index (Phi) is 6.15. The third kappa shape index (κ3) is 4.63. The van der Waals surface area contributed by atoms with Gasteiger partial charge in [0, 0.05) is 25.0 Å². The van der Waals surface area contributed by atoms with E-state index in [1.54, 1.807) is 0 Å². The van der Waals surface area contributed by atoms with Gasteiger partial charge in [-0.05, 0) is 76.3 Å². The summed E-state index contributed by atoms with van der Waals surface area (Å²) in [5.74, 6) is 0.973. The van der Waals surface area contributed by atoms with Crippen LogP contribution in [0.15, 0.2) is 46.9 Å². The van der Waals surface area contributed by atoms with Crippen LogP contribution in [0.5, 0.6) is 5.75 Å². The molecule has 2 aromatic carbocycles. The van der Waals surface area contributed by atoms with Gasteiger partial charge in [-0.25, -0.2) is 0 Å². The second kappa shape index (κ2) is 8.35. The summed E-state index contributed by atoms with van der Waals surface area (Å²) in [5.41, 5.74) is 2.61. The Morgan fingerprint density at radius 1 is 1.04 bits per heavy atom. The van der Waals surface area contributed by atoms with Crippen molar-refractivity contribution in [3.05, 3.63) is 51.8 Å². The molecule has 3 rings (SSSR count). The highest BCUT2D eigenvalue weighted by Crippen LogP contribution is 2.40. The standard InChI is InChI=1S/C21H24BrNOS/c1-15-21(16-6-8-17(22)9-7-16)19-11-10-18(14-20(19)25-15)24-13-5-4-12-23(2)3/h6-11,14H,4-5,12-13H2,1-3H3. The van der Waals surface area contributed by atoms with E-state index in [0.717, 1.165) is 29.8 Å². The van der Waals surface area contributed by atoms with Gasteiger partial charge in [-0.1, -0.05) is 28.1 Å². The van der Waals surface area contributed by atoms with Crippen LogP contribution in [0.25, 0.3) is 21.2 Å². The van der Waals surface area contributed by atoms with Crippen LogP contribution >= 0.6 is 27.3 Å². The molecule has 0 amide bonds. The highest BCUT2D eigenvalue weighted by atomic mass is 79.9. The number of fused-ring (bicyclic) bond motifs is 1. The summed E-state index contributed by atoms with van der Waals surface area (Å²) in [6.45, 7) is 4.09. The lowest BCUT2D eigenvalue weighted by molar-refractivity contribution is 0.293. The van der Waals surface area contributed by atoms with Crippen molar-refractivity contribution in [3.63, 3.8) is 0 Å². The fourth-order valence-corrected chi connectivity index (χ4v) is 4.36. The van der Waals surface area contributed by atoms with Gasteiger partial charge < -0.3 is 9.64 Å². The molecule has 0 aliphatic heterocycles. The number of halogens is 1. The first-order valence-electron chi connectivity index (χ1n) is 8.61. The largest absolute Gasteiger partial charge is 0.494 e. The van der Waals surface area contributed by atoms with E-state index in [-0.39, 0.29) is 0 Å². The van der Waals surface area contributed by atoms with Gasteiger partial charge in [-0.3, -0.25) is 0 Å². The molecule has 0 saturated carbocycles. The van der Waals surface area contributed by atoms with Crippen LogP contribution in [0.3, 0.4) is 0 Å². The monoisotopic (exact) mass is 417 g/mol. The molecule has 3 aromatic rings. The van der Waals surface area contributed by atoms with Crippen molar-refractivity contribution in [1.82, 2.24) is 4.90 Å². The second-order valence-corrected chi connectivity index (χ2v) is 8.73. The van der Waals surface area contributed by atoms with E-state index in [9.17, 15) is 0 Å². The lowest BCUT2D eigenvalue weighted by atomic mass is 10.0. The summed E-state index contributed by atoms with van der Waals surface area (Å²) in [4.78, 5) is 3.56. The van der Waals surface area contributed by atoms with Gasteiger partial charge in [-0.15, -0.1) is 11.3 Å². The number of unbranched alkanes of at least 4 members (excludes halogenated alkanes) is 1. The number of nitrogens with zero attached hydrogens (tertiary/aromatic N) is 1. The van der Waals surface area contributed by atoms with Gasteiger partial charge in [0.15, 0.2) is 0 Å². The molecular weight excluding hydrogens is 394 g/mol. The van der Waals surface area contributed by atoms with Gasteiger partial charge >= 0.3 is 0 Å². The van der Waals surface area contributed by atoms with Crippen LogP contribution in [0.4, 0.5) is 0 Å². The predicted octanol–water partition coefficient (Wildman–Crippen LogP) is 6.36. The van der Waals surface area contributed by atoms with Crippen molar-refractivity contribution in [2.45, 2.75) is 19.8 Å². The first-order chi connectivity index (χ1) is 12.0.